The summed E-state index contributed by atoms with van der Waals surface area (Å²) < 4.78 is 8.50. The normalized spacial score (nSPS) is 12.0. The van der Waals surface area contributed by atoms with E-state index in [0.717, 1.165) is 60.6 Å². The maximum absolute atomic E-state index is 9.35. The molecule has 0 radical (unpaired) electrons. The van der Waals surface area contributed by atoms with Gasteiger partial charge in [-0.05, 0) is 66.2 Å². The lowest BCUT2D eigenvalue weighted by atomic mass is 10.1. The summed E-state index contributed by atoms with van der Waals surface area (Å²) in [4.78, 5) is 9.36. The molecule has 216 valence electrons. The first-order valence-corrected chi connectivity index (χ1v) is 14.9. The van der Waals surface area contributed by atoms with Crippen molar-refractivity contribution in [2.75, 3.05) is 0 Å². The minimum absolute atomic E-state index is 0.0279. The molecule has 0 aliphatic rings. The van der Waals surface area contributed by atoms with Crippen molar-refractivity contribution in [1.82, 2.24) is 4.57 Å². The van der Waals surface area contributed by atoms with E-state index in [9.17, 15) is 5.26 Å². The zero-order valence-electron chi connectivity index (χ0n) is 24.6. The molecule has 0 atom stereocenters. The van der Waals surface area contributed by atoms with E-state index in [1.54, 1.807) is 30.5 Å². The number of benzene rings is 6. The highest BCUT2D eigenvalue weighted by Gasteiger charge is 2.16. The third-order valence-electron chi connectivity index (χ3n) is 8.17. The molecule has 0 saturated carbocycles. The maximum atomic E-state index is 9.35. The number of nitrogens with zero attached hydrogens (tertiary/aromatic N) is 4. The number of amidine groups is 2. The fraction of sp³-hybridized carbons (Fsp3) is 0. The first-order chi connectivity index (χ1) is 22.7. The predicted molar refractivity (Wildman–Crippen MR) is 187 cm³/mol. The van der Waals surface area contributed by atoms with E-state index in [0.29, 0.717) is 17.0 Å². The number of nitriles is 1. The van der Waals surface area contributed by atoms with E-state index in [1.165, 1.54) is 0 Å². The molecule has 0 saturated heterocycles. The van der Waals surface area contributed by atoms with Gasteiger partial charge in [-0.15, -0.1) is 0 Å². The van der Waals surface area contributed by atoms with Gasteiger partial charge in [-0.1, -0.05) is 78.9 Å². The molecule has 6 aromatic carbocycles. The van der Waals surface area contributed by atoms with E-state index in [-0.39, 0.29) is 5.84 Å². The van der Waals surface area contributed by atoms with Gasteiger partial charge in [-0.2, -0.15) is 5.26 Å². The molecule has 0 unspecified atom stereocenters. The standard InChI is InChI=1S/C40H25N5O/c41-24-27-11-8-12-29(21-27)39(42)44-40(43-25-26-9-2-1-3-10-26)28-17-19-30(20-18-28)45-35-15-6-4-13-31(35)33-23-38-34(22-36(33)45)32-14-5-7-16-37(32)46-38/h1-23,25,42H/b42-39?,43-25+,44-40-. The Balaban J connectivity index is 1.25. The average molecular weight is 592 g/mol. The van der Waals surface area contributed by atoms with Crippen molar-refractivity contribution in [2.45, 2.75) is 0 Å². The van der Waals surface area contributed by atoms with Crippen LogP contribution in [0, 0.1) is 16.7 Å². The molecule has 0 aliphatic carbocycles. The molecule has 0 fully saturated rings. The minimum Gasteiger partial charge on any atom is -0.456 e. The van der Waals surface area contributed by atoms with E-state index in [4.69, 9.17) is 14.8 Å². The Labute approximate surface area is 264 Å². The van der Waals surface area contributed by atoms with Crippen LogP contribution < -0.4 is 0 Å². The number of furan rings is 1. The van der Waals surface area contributed by atoms with Crippen molar-refractivity contribution < 1.29 is 4.42 Å². The smallest absolute Gasteiger partial charge is 0.161 e. The first kappa shape index (κ1) is 27.0. The Hall–Kier alpha value is -6.58. The molecule has 0 spiro atoms. The average Bonchev–Trinajstić information content (AvgIpc) is 3.64. The van der Waals surface area contributed by atoms with Gasteiger partial charge in [0.05, 0.1) is 22.7 Å². The van der Waals surface area contributed by atoms with E-state index in [1.807, 2.05) is 60.7 Å². The number of rotatable bonds is 4. The second-order valence-corrected chi connectivity index (χ2v) is 11.0. The zero-order valence-corrected chi connectivity index (χ0v) is 24.6. The Bertz CT molecular complexity index is 2550. The van der Waals surface area contributed by atoms with Gasteiger partial charge in [0, 0.05) is 44.6 Å². The van der Waals surface area contributed by atoms with Crippen molar-refractivity contribution in [3.05, 3.63) is 162 Å². The molecule has 0 amide bonds. The SMILES string of the molecule is N#Cc1cccc(C(=N)/N=C(\N=C\c2ccccc2)c2ccc(-n3c4ccccc4c4cc5oc6ccccc6c5cc43)cc2)c1. The lowest BCUT2D eigenvalue weighted by Crippen LogP contribution is -2.05. The van der Waals surface area contributed by atoms with Crippen LogP contribution in [0.5, 0.6) is 0 Å². The van der Waals surface area contributed by atoms with Crippen LogP contribution in [0.25, 0.3) is 49.4 Å². The van der Waals surface area contributed by atoms with E-state index in [2.05, 4.69) is 70.2 Å². The number of para-hydroxylation sites is 2. The van der Waals surface area contributed by atoms with Crippen molar-refractivity contribution in [3.8, 4) is 11.8 Å². The summed E-state index contributed by atoms with van der Waals surface area (Å²) in [6.07, 6.45) is 1.75. The summed E-state index contributed by atoms with van der Waals surface area (Å²) in [6.45, 7) is 0. The number of aromatic nitrogens is 1. The fourth-order valence-electron chi connectivity index (χ4n) is 5.97. The van der Waals surface area contributed by atoms with Gasteiger partial charge in [-0.3, -0.25) is 5.41 Å². The molecule has 2 heterocycles. The van der Waals surface area contributed by atoms with Crippen molar-refractivity contribution in [2.24, 2.45) is 9.98 Å². The van der Waals surface area contributed by atoms with Crippen LogP contribution in [0.15, 0.2) is 154 Å². The molecule has 8 aromatic rings. The number of fused-ring (bicyclic) bond motifs is 6. The molecule has 2 aromatic heterocycles. The predicted octanol–water partition coefficient (Wildman–Crippen LogP) is 9.45. The lowest BCUT2D eigenvalue weighted by molar-refractivity contribution is 0.669. The number of nitrogens with one attached hydrogen (secondary N) is 1. The molecule has 6 heteroatoms. The van der Waals surface area contributed by atoms with Crippen LogP contribution in [-0.4, -0.2) is 22.5 Å². The Morgan fingerprint density at radius 1 is 0.652 bits per heavy atom. The highest BCUT2D eigenvalue weighted by molar-refractivity contribution is 6.17. The third-order valence-corrected chi connectivity index (χ3v) is 8.17. The van der Waals surface area contributed by atoms with Crippen molar-refractivity contribution in [1.29, 1.82) is 10.7 Å². The molecule has 8 rings (SSSR count). The highest BCUT2D eigenvalue weighted by atomic mass is 16.3. The van der Waals surface area contributed by atoms with E-state index >= 15 is 0 Å². The van der Waals surface area contributed by atoms with Gasteiger partial charge in [0.2, 0.25) is 0 Å². The van der Waals surface area contributed by atoms with Crippen LogP contribution >= 0.6 is 0 Å². The number of aliphatic imine (C=N–C) groups is 2. The summed E-state index contributed by atoms with van der Waals surface area (Å²) in [5.74, 6) is 0.428. The summed E-state index contributed by atoms with van der Waals surface area (Å²) in [7, 11) is 0. The van der Waals surface area contributed by atoms with Gasteiger partial charge in [0.25, 0.3) is 0 Å². The number of hydrogen-bond acceptors (Lipinski definition) is 3. The lowest BCUT2D eigenvalue weighted by Gasteiger charge is -2.10. The van der Waals surface area contributed by atoms with Gasteiger partial charge in [0.1, 0.15) is 11.2 Å². The van der Waals surface area contributed by atoms with Crippen LogP contribution in [0.4, 0.5) is 0 Å². The quantitative estimate of drug-likeness (QED) is 0.163. The fourth-order valence-corrected chi connectivity index (χ4v) is 5.97. The van der Waals surface area contributed by atoms with Crippen molar-refractivity contribution in [3.63, 3.8) is 0 Å². The largest absolute Gasteiger partial charge is 0.456 e. The molecule has 1 N–H and O–H groups in total. The molecule has 0 bridgehead atoms. The molecule has 0 aliphatic heterocycles. The Morgan fingerprint density at radius 3 is 2.24 bits per heavy atom. The summed E-state index contributed by atoms with van der Waals surface area (Å²) >= 11 is 0. The molecular formula is C40H25N5O. The summed E-state index contributed by atoms with van der Waals surface area (Å²) in [5.41, 5.74) is 7.62. The molecule has 6 nitrogen and oxygen atoms in total. The monoisotopic (exact) mass is 591 g/mol. The zero-order chi connectivity index (χ0) is 31.0. The van der Waals surface area contributed by atoms with Gasteiger partial charge in [0.15, 0.2) is 11.7 Å². The topological polar surface area (TPSA) is 90.4 Å². The van der Waals surface area contributed by atoms with Crippen molar-refractivity contribution >= 4 is 61.6 Å². The second kappa shape index (κ2) is 11.2. The Morgan fingerprint density at radius 2 is 1.41 bits per heavy atom. The van der Waals surface area contributed by atoms with Gasteiger partial charge >= 0.3 is 0 Å². The number of hydrogen-bond donors (Lipinski definition) is 1. The van der Waals surface area contributed by atoms with Gasteiger partial charge in [-0.25, -0.2) is 9.98 Å². The Kier molecular flexibility index (Phi) is 6.55. The van der Waals surface area contributed by atoms with E-state index < -0.39 is 0 Å². The summed E-state index contributed by atoms with van der Waals surface area (Å²) in [6, 6.07) is 47.8. The molecule has 46 heavy (non-hydrogen) atoms. The second-order valence-electron chi connectivity index (χ2n) is 11.0. The summed E-state index contributed by atoms with van der Waals surface area (Å²) in [5, 5.41) is 22.5. The minimum atomic E-state index is 0.0279. The molecular weight excluding hydrogens is 566 g/mol. The first-order valence-electron chi connectivity index (χ1n) is 14.9. The van der Waals surface area contributed by atoms with Gasteiger partial charge < -0.3 is 8.98 Å². The van der Waals surface area contributed by atoms with Crippen LogP contribution in [0.1, 0.15) is 22.3 Å². The maximum Gasteiger partial charge on any atom is 0.161 e. The van der Waals surface area contributed by atoms with Crippen LogP contribution in [-0.2, 0) is 0 Å². The third kappa shape index (κ3) is 4.73. The van der Waals surface area contributed by atoms with Crippen LogP contribution in [0.3, 0.4) is 0 Å². The van der Waals surface area contributed by atoms with Crippen LogP contribution in [0.2, 0.25) is 0 Å². The highest BCUT2D eigenvalue weighted by Crippen LogP contribution is 2.38.